The molecule has 0 spiro atoms. The van der Waals surface area contributed by atoms with Crippen LogP contribution in [0.2, 0.25) is 0 Å². The summed E-state index contributed by atoms with van der Waals surface area (Å²) in [6, 6.07) is 0. The van der Waals surface area contributed by atoms with Gasteiger partial charge in [0, 0.05) is 17.1 Å². The third-order valence-electron chi connectivity index (χ3n) is 0. The zero-order valence-electron chi connectivity index (χ0n) is 3.21. The Balaban J connectivity index is -0.00000000167. The molecule has 0 aromatic rings. The molecule has 0 N–H and O–H groups in total. The Morgan fingerprint density at radius 3 is 1.50 bits per heavy atom. The molecule has 0 fully saturated rings. The van der Waals surface area contributed by atoms with Crippen LogP contribution in [0, 0.1) is 0 Å². The standard InChI is InChI=1S/Cu.Li.O.Sn.H/q;+1;;;-1. The van der Waals surface area contributed by atoms with Crippen molar-refractivity contribution < 1.29 is 40.4 Å². The monoisotopic (exact) mass is 207 g/mol. The molecule has 0 bridgehead atoms. The molecule has 3 radical (unpaired) electrons. The summed E-state index contributed by atoms with van der Waals surface area (Å²) in [4.78, 5) is 0. The van der Waals surface area contributed by atoms with Crippen molar-refractivity contribution in [3.8, 4) is 0 Å². The molecule has 0 unspecified atom stereocenters. The Bertz CT molecular complexity index is 11.6. The fraction of sp³-hybridized carbons (Fsp3) is 0. The van der Waals surface area contributed by atoms with Gasteiger partial charge in [-0.1, -0.05) is 0 Å². The van der Waals surface area contributed by atoms with Gasteiger partial charge in [-0.05, 0) is 0 Å². The van der Waals surface area contributed by atoms with E-state index in [2.05, 4.69) is 0 Å². The van der Waals surface area contributed by atoms with Crippen LogP contribution >= 0.6 is 0 Å². The molecule has 0 saturated heterocycles. The molecule has 0 aliphatic heterocycles. The Hall–Kier alpha value is 1.72. The van der Waals surface area contributed by atoms with E-state index in [1.54, 1.807) is 0 Å². The third-order valence-corrected chi connectivity index (χ3v) is 0. The van der Waals surface area contributed by atoms with Gasteiger partial charge in [0.1, 0.15) is 0 Å². The SMILES string of the molecule is [Cu].[H-].[Li+].[O]=[Sn]. The molecule has 0 amide bonds. The zero-order chi connectivity index (χ0) is 2.00. The second-order valence-corrected chi connectivity index (χ2v) is 0. The number of rotatable bonds is 0. The van der Waals surface area contributed by atoms with Crippen LogP contribution in [0.4, 0.5) is 0 Å². The maximum atomic E-state index is 8.34. The average Bonchev–Trinajstić information content (AvgIpc) is 1.00. The number of hydrogen-bond acceptors (Lipinski definition) is 1. The molecular weight excluding hydrogens is 205 g/mol. The Labute approximate surface area is 62.5 Å². The van der Waals surface area contributed by atoms with E-state index in [0.29, 0.717) is 22.5 Å². The summed E-state index contributed by atoms with van der Waals surface area (Å²) >= 11 is 0.300. The van der Waals surface area contributed by atoms with E-state index >= 15 is 0 Å². The first kappa shape index (κ1) is 17.2. The molecule has 0 atom stereocenters. The fourth-order valence-electron chi connectivity index (χ4n) is 0. The quantitative estimate of drug-likeness (QED) is 0.378. The van der Waals surface area contributed by atoms with Crippen molar-refractivity contribution in [3.05, 3.63) is 0 Å². The molecule has 1 nitrogen and oxygen atoms in total. The first-order valence-corrected chi connectivity index (χ1v) is 1.37. The summed E-state index contributed by atoms with van der Waals surface area (Å²) in [6.45, 7) is 0. The van der Waals surface area contributed by atoms with Gasteiger partial charge in [-0.15, -0.1) is 0 Å². The van der Waals surface area contributed by atoms with Gasteiger partial charge in [0.05, 0.1) is 0 Å². The molecule has 0 rings (SSSR count). The number of hydrogen-bond donors (Lipinski definition) is 0. The molecule has 4 heteroatoms. The van der Waals surface area contributed by atoms with Gasteiger partial charge in [0.25, 0.3) is 0 Å². The summed E-state index contributed by atoms with van der Waals surface area (Å²) < 4.78 is 8.34. The van der Waals surface area contributed by atoms with E-state index in [0.717, 1.165) is 0 Å². The molecule has 0 aromatic heterocycles. The maximum absolute atomic E-state index is 8.34. The van der Waals surface area contributed by atoms with Crippen molar-refractivity contribution in [2.75, 3.05) is 0 Å². The molecule has 0 aromatic carbocycles. The second-order valence-electron chi connectivity index (χ2n) is 0. The van der Waals surface area contributed by atoms with Crippen molar-refractivity contribution in [1.82, 2.24) is 0 Å². The van der Waals surface area contributed by atoms with Crippen molar-refractivity contribution >= 4 is 22.5 Å². The van der Waals surface area contributed by atoms with Crippen LogP contribution in [0.3, 0.4) is 0 Å². The first-order chi connectivity index (χ1) is 1.00. The second kappa shape index (κ2) is 22.1. The van der Waals surface area contributed by atoms with Crippen LogP contribution in [0.5, 0.6) is 0 Å². The van der Waals surface area contributed by atoms with Crippen LogP contribution < -0.4 is 18.9 Å². The van der Waals surface area contributed by atoms with E-state index < -0.39 is 0 Å². The fourth-order valence-corrected chi connectivity index (χ4v) is 0. The zero-order valence-corrected chi connectivity index (χ0v) is 6.01. The summed E-state index contributed by atoms with van der Waals surface area (Å²) in [5, 5.41) is 0. The van der Waals surface area contributed by atoms with Gasteiger partial charge in [-0.2, -0.15) is 0 Å². The summed E-state index contributed by atoms with van der Waals surface area (Å²) in [5.41, 5.74) is 0. The van der Waals surface area contributed by atoms with Gasteiger partial charge in [0.2, 0.25) is 0 Å². The Morgan fingerprint density at radius 2 is 1.50 bits per heavy atom. The molecular formula is HCuLiOSn. The van der Waals surface area contributed by atoms with Crippen LogP contribution in [-0.2, 0) is 20.1 Å². The van der Waals surface area contributed by atoms with Crippen molar-refractivity contribution in [3.63, 3.8) is 0 Å². The molecule has 0 heterocycles. The predicted octanol–water partition coefficient (Wildman–Crippen LogP) is -3.39. The minimum atomic E-state index is 0. The topological polar surface area (TPSA) is 17.1 Å². The van der Waals surface area contributed by atoms with Gasteiger partial charge in [0.15, 0.2) is 0 Å². The van der Waals surface area contributed by atoms with Crippen LogP contribution in [0.15, 0.2) is 0 Å². The Kier molecular flexibility index (Phi) is 95.3. The van der Waals surface area contributed by atoms with E-state index in [-0.39, 0.29) is 37.4 Å². The Morgan fingerprint density at radius 1 is 1.50 bits per heavy atom. The molecule has 4 heavy (non-hydrogen) atoms. The van der Waals surface area contributed by atoms with Crippen LogP contribution in [0.25, 0.3) is 0 Å². The minimum absolute atomic E-state index is 0. The van der Waals surface area contributed by atoms with Crippen LogP contribution in [0.1, 0.15) is 1.43 Å². The normalized spacial score (nSPS) is 1.00. The van der Waals surface area contributed by atoms with Gasteiger partial charge < -0.3 is 1.43 Å². The molecule has 0 aliphatic carbocycles. The average molecular weight is 206 g/mol. The molecule has 0 saturated carbocycles. The summed E-state index contributed by atoms with van der Waals surface area (Å²) in [6.07, 6.45) is 0. The molecule has 23 valence electrons. The van der Waals surface area contributed by atoms with Crippen molar-refractivity contribution in [2.45, 2.75) is 0 Å². The van der Waals surface area contributed by atoms with E-state index in [4.69, 9.17) is 3.08 Å². The predicted molar refractivity (Wildman–Crippen MR) is 7.55 cm³/mol. The van der Waals surface area contributed by atoms with Gasteiger partial charge >= 0.3 is 44.4 Å². The van der Waals surface area contributed by atoms with Crippen molar-refractivity contribution in [1.29, 1.82) is 0 Å². The van der Waals surface area contributed by atoms with E-state index in [1.807, 2.05) is 0 Å². The van der Waals surface area contributed by atoms with Crippen LogP contribution in [-0.4, -0.2) is 22.5 Å². The first-order valence-electron chi connectivity index (χ1n) is 0.204. The van der Waals surface area contributed by atoms with Crippen molar-refractivity contribution in [2.24, 2.45) is 0 Å². The summed E-state index contributed by atoms with van der Waals surface area (Å²) in [5.74, 6) is 0. The van der Waals surface area contributed by atoms with E-state index in [9.17, 15) is 0 Å². The van der Waals surface area contributed by atoms with Gasteiger partial charge in [-0.25, -0.2) is 0 Å². The molecule has 0 aliphatic rings. The third kappa shape index (κ3) is 9.31. The summed E-state index contributed by atoms with van der Waals surface area (Å²) in [7, 11) is 0. The van der Waals surface area contributed by atoms with E-state index in [1.165, 1.54) is 0 Å². The van der Waals surface area contributed by atoms with Gasteiger partial charge in [-0.3, -0.25) is 0 Å².